The van der Waals surface area contributed by atoms with Gasteiger partial charge in [-0.25, -0.2) is 4.39 Å². The molecule has 0 bridgehead atoms. The molecule has 1 saturated heterocycles. The van der Waals surface area contributed by atoms with E-state index in [2.05, 4.69) is 22.1 Å². The number of hydrogen-bond acceptors (Lipinski definition) is 2. The minimum absolute atomic E-state index is 0.0438. The number of benzene rings is 1. The summed E-state index contributed by atoms with van der Waals surface area (Å²) in [5, 5.41) is 6.78. The number of likely N-dealkylation sites (tertiary alicyclic amines) is 1. The van der Waals surface area contributed by atoms with Crippen LogP contribution in [0.2, 0.25) is 0 Å². The van der Waals surface area contributed by atoms with E-state index in [4.69, 9.17) is 12.2 Å². The molecule has 1 aliphatic heterocycles. The number of nitrogens with zero attached hydrogens (tertiary/aromatic N) is 1. The second-order valence-corrected chi connectivity index (χ2v) is 6.22. The van der Waals surface area contributed by atoms with Crippen molar-refractivity contribution < 1.29 is 9.18 Å². The highest BCUT2D eigenvalue weighted by molar-refractivity contribution is 7.80. The quantitative estimate of drug-likeness (QED) is 0.655. The topological polar surface area (TPSA) is 44.4 Å². The van der Waals surface area contributed by atoms with E-state index in [0.717, 1.165) is 31.5 Å². The van der Waals surface area contributed by atoms with Gasteiger partial charge >= 0.3 is 0 Å². The second kappa shape index (κ2) is 8.06. The summed E-state index contributed by atoms with van der Waals surface area (Å²) in [6, 6.07) is 6.07. The number of thiocarbonyl (C=S) groups is 1. The fourth-order valence-corrected chi connectivity index (χ4v) is 2.73. The van der Waals surface area contributed by atoms with Gasteiger partial charge in [0.1, 0.15) is 5.82 Å². The molecule has 1 aromatic rings. The predicted octanol–water partition coefficient (Wildman–Crippen LogP) is 2.47. The molecular weight excluding hydrogens is 313 g/mol. The van der Waals surface area contributed by atoms with Crippen LogP contribution < -0.4 is 10.6 Å². The number of amides is 1. The van der Waals surface area contributed by atoms with Crippen molar-refractivity contribution in [3.05, 3.63) is 47.8 Å². The van der Waals surface area contributed by atoms with Gasteiger partial charge in [-0.3, -0.25) is 4.79 Å². The van der Waals surface area contributed by atoms with E-state index in [1.165, 1.54) is 12.1 Å². The zero-order chi connectivity index (χ0) is 16.8. The fourth-order valence-electron chi connectivity index (χ4n) is 2.47. The summed E-state index contributed by atoms with van der Waals surface area (Å²) in [6.45, 7) is 7.98. The van der Waals surface area contributed by atoms with E-state index < -0.39 is 5.82 Å². The Morgan fingerprint density at radius 2 is 2.04 bits per heavy atom. The van der Waals surface area contributed by atoms with Crippen molar-refractivity contribution >= 4 is 23.2 Å². The number of carbonyl (C=O) groups excluding carboxylic acids is 1. The average Bonchev–Trinajstić information content (AvgIpc) is 2.53. The van der Waals surface area contributed by atoms with Crippen molar-refractivity contribution in [1.29, 1.82) is 0 Å². The lowest BCUT2D eigenvalue weighted by Crippen LogP contribution is -2.49. The van der Waals surface area contributed by atoms with Crippen LogP contribution in [-0.4, -0.2) is 41.6 Å². The molecule has 1 aliphatic rings. The van der Waals surface area contributed by atoms with Gasteiger partial charge in [0.15, 0.2) is 5.11 Å². The van der Waals surface area contributed by atoms with Crippen molar-refractivity contribution in [2.24, 2.45) is 0 Å². The molecule has 2 rings (SSSR count). The first-order chi connectivity index (χ1) is 11.0. The summed E-state index contributed by atoms with van der Waals surface area (Å²) in [4.78, 5) is 14.2. The summed E-state index contributed by atoms with van der Waals surface area (Å²) in [5.41, 5.74) is 1.12. The number of halogens is 1. The molecule has 1 aromatic carbocycles. The van der Waals surface area contributed by atoms with Gasteiger partial charge in [-0.05, 0) is 44.1 Å². The third-order valence-corrected chi connectivity index (χ3v) is 4.18. The number of nitrogens with one attached hydrogen (secondary N) is 2. The van der Waals surface area contributed by atoms with Crippen LogP contribution in [0.5, 0.6) is 0 Å². The lowest BCUT2D eigenvalue weighted by molar-refractivity contribution is 0.0918. The van der Waals surface area contributed by atoms with Crippen LogP contribution in [0.25, 0.3) is 0 Å². The van der Waals surface area contributed by atoms with E-state index in [-0.39, 0.29) is 17.5 Å². The zero-order valence-electron chi connectivity index (χ0n) is 13.3. The van der Waals surface area contributed by atoms with E-state index >= 15 is 0 Å². The molecule has 1 fully saturated rings. The summed E-state index contributed by atoms with van der Waals surface area (Å²) in [5.74, 6) is -0.850. The fraction of sp³-hybridized carbons (Fsp3) is 0.412. The number of piperidine rings is 1. The molecule has 0 unspecified atom stereocenters. The normalized spacial score (nSPS) is 15.1. The molecule has 6 heteroatoms. The second-order valence-electron chi connectivity index (χ2n) is 5.83. The molecule has 0 aliphatic carbocycles. The highest BCUT2D eigenvalue weighted by Gasteiger charge is 2.23. The maximum atomic E-state index is 13.6. The van der Waals surface area contributed by atoms with E-state index in [1.54, 1.807) is 12.1 Å². The third kappa shape index (κ3) is 5.03. The van der Waals surface area contributed by atoms with Crippen molar-refractivity contribution in [2.45, 2.75) is 25.8 Å². The molecule has 0 aromatic heterocycles. The molecule has 0 radical (unpaired) electrons. The van der Waals surface area contributed by atoms with Crippen LogP contribution in [0.4, 0.5) is 4.39 Å². The Balaban J connectivity index is 1.81. The van der Waals surface area contributed by atoms with Crippen LogP contribution in [0.3, 0.4) is 0 Å². The molecule has 2 N–H and O–H groups in total. The molecule has 0 spiro atoms. The number of hydrogen-bond donors (Lipinski definition) is 2. The van der Waals surface area contributed by atoms with E-state index in [9.17, 15) is 9.18 Å². The Bertz CT molecular complexity index is 597. The van der Waals surface area contributed by atoms with Crippen molar-refractivity contribution in [2.75, 3.05) is 19.6 Å². The Kier molecular flexibility index (Phi) is 6.10. The van der Waals surface area contributed by atoms with Gasteiger partial charge in [0.2, 0.25) is 0 Å². The lowest BCUT2D eigenvalue weighted by atomic mass is 10.0. The van der Waals surface area contributed by atoms with Crippen LogP contribution in [0.1, 0.15) is 30.1 Å². The maximum Gasteiger partial charge on any atom is 0.254 e. The van der Waals surface area contributed by atoms with Gasteiger partial charge in [0, 0.05) is 25.7 Å². The average molecular weight is 335 g/mol. The van der Waals surface area contributed by atoms with Crippen LogP contribution in [0.15, 0.2) is 36.4 Å². The van der Waals surface area contributed by atoms with Gasteiger partial charge < -0.3 is 15.5 Å². The SMILES string of the molecule is C=C(C)CNC(=S)N1CCC(NC(=O)c2ccccc2F)CC1. The van der Waals surface area contributed by atoms with Crippen molar-refractivity contribution in [1.82, 2.24) is 15.5 Å². The van der Waals surface area contributed by atoms with Crippen molar-refractivity contribution in [3.8, 4) is 0 Å². The van der Waals surface area contributed by atoms with Crippen molar-refractivity contribution in [3.63, 3.8) is 0 Å². The Morgan fingerprint density at radius 1 is 1.39 bits per heavy atom. The maximum absolute atomic E-state index is 13.6. The largest absolute Gasteiger partial charge is 0.359 e. The molecular formula is C17H22FN3OS. The summed E-state index contributed by atoms with van der Waals surface area (Å²) >= 11 is 5.35. The molecule has 0 atom stereocenters. The Morgan fingerprint density at radius 3 is 2.65 bits per heavy atom. The molecule has 1 heterocycles. The van der Waals surface area contributed by atoms with E-state index in [1.807, 2.05) is 6.92 Å². The number of rotatable bonds is 4. The monoisotopic (exact) mass is 335 g/mol. The van der Waals surface area contributed by atoms with Gasteiger partial charge in [0.25, 0.3) is 5.91 Å². The zero-order valence-corrected chi connectivity index (χ0v) is 14.1. The highest BCUT2D eigenvalue weighted by atomic mass is 32.1. The van der Waals surface area contributed by atoms with Gasteiger partial charge in [-0.2, -0.15) is 0 Å². The first-order valence-corrected chi connectivity index (χ1v) is 8.10. The minimum Gasteiger partial charge on any atom is -0.359 e. The van der Waals surface area contributed by atoms with Crippen LogP contribution >= 0.6 is 12.2 Å². The lowest BCUT2D eigenvalue weighted by Gasteiger charge is -2.34. The smallest absolute Gasteiger partial charge is 0.254 e. The first-order valence-electron chi connectivity index (χ1n) is 7.70. The molecule has 124 valence electrons. The third-order valence-electron chi connectivity index (χ3n) is 3.78. The van der Waals surface area contributed by atoms with Gasteiger partial charge in [0.05, 0.1) is 5.56 Å². The Labute approximate surface area is 141 Å². The summed E-state index contributed by atoms with van der Waals surface area (Å²) < 4.78 is 13.6. The van der Waals surface area contributed by atoms with Gasteiger partial charge in [-0.15, -0.1) is 0 Å². The Hall–Kier alpha value is -1.95. The standard InChI is InChI=1S/C17H22FN3OS/c1-12(2)11-19-17(23)21-9-7-13(8-10-21)20-16(22)14-5-3-4-6-15(14)18/h3-6,13H,1,7-11H2,2H3,(H,19,23)(H,20,22). The summed E-state index contributed by atoms with van der Waals surface area (Å²) in [7, 11) is 0. The number of carbonyl (C=O) groups is 1. The predicted molar refractivity (Wildman–Crippen MR) is 93.9 cm³/mol. The highest BCUT2D eigenvalue weighted by Crippen LogP contribution is 2.13. The van der Waals surface area contributed by atoms with E-state index in [0.29, 0.717) is 11.7 Å². The van der Waals surface area contributed by atoms with Crippen LogP contribution in [-0.2, 0) is 0 Å². The molecule has 0 saturated carbocycles. The summed E-state index contributed by atoms with van der Waals surface area (Å²) in [6.07, 6.45) is 1.57. The molecule has 23 heavy (non-hydrogen) atoms. The van der Waals surface area contributed by atoms with Crippen LogP contribution in [0, 0.1) is 5.82 Å². The first kappa shape index (κ1) is 17.4. The minimum atomic E-state index is -0.493. The molecule has 4 nitrogen and oxygen atoms in total. The molecule has 1 amide bonds. The van der Waals surface area contributed by atoms with Gasteiger partial charge in [-0.1, -0.05) is 24.3 Å².